The Morgan fingerprint density at radius 1 is 1.28 bits per heavy atom. The number of aliphatic imine (C=N–C) groups is 1. The molecule has 0 bridgehead atoms. The van der Waals surface area contributed by atoms with E-state index in [1.165, 1.54) is 36.0 Å². The molecule has 1 N–H and O–H groups in total. The van der Waals surface area contributed by atoms with E-state index in [-0.39, 0.29) is 17.3 Å². The van der Waals surface area contributed by atoms with Gasteiger partial charge in [0.15, 0.2) is 5.84 Å². The lowest BCUT2D eigenvalue weighted by atomic mass is 9.90. The summed E-state index contributed by atoms with van der Waals surface area (Å²) in [5.41, 5.74) is 1.13. The molecule has 1 saturated carbocycles. The van der Waals surface area contributed by atoms with Crippen molar-refractivity contribution in [2.24, 2.45) is 16.0 Å². The standard InChI is InChI=1S/C18H17BrN4OS/c19-13-8-4-5-11(9-13)10-14-15(20)23-18(21-16(14)24)25-17(22-23)12-6-2-1-3-7-12/h4-5,8-10,12,20H,1-3,6-7H2. The van der Waals surface area contributed by atoms with Crippen LogP contribution in [0.3, 0.4) is 0 Å². The van der Waals surface area contributed by atoms with Crippen LogP contribution in [-0.4, -0.2) is 27.0 Å². The minimum Gasteiger partial charge on any atom is -0.282 e. The van der Waals surface area contributed by atoms with Crippen LogP contribution in [0.1, 0.15) is 37.7 Å². The number of carbonyl (C=O) groups excluding carboxylic acids is 1. The SMILES string of the molecule is N=C1C(=Cc2cccc(Br)c2)C(=O)N=C2SC(C3CCCCC3)=NN12. The summed E-state index contributed by atoms with van der Waals surface area (Å²) in [6.07, 6.45) is 7.70. The number of hydrazone groups is 1. The predicted octanol–water partition coefficient (Wildman–Crippen LogP) is 4.65. The Labute approximate surface area is 158 Å². The lowest BCUT2D eigenvalue weighted by Gasteiger charge is -2.20. The number of nitrogens with zero attached hydrogens (tertiary/aromatic N) is 3. The average molecular weight is 417 g/mol. The number of carbonyl (C=O) groups is 1. The van der Waals surface area contributed by atoms with Gasteiger partial charge in [-0.15, -0.1) is 0 Å². The molecule has 0 radical (unpaired) electrons. The molecule has 1 aromatic rings. The van der Waals surface area contributed by atoms with Crippen LogP contribution in [0.25, 0.3) is 6.08 Å². The molecule has 25 heavy (non-hydrogen) atoms. The Bertz CT molecular complexity index is 839. The molecule has 4 rings (SSSR count). The van der Waals surface area contributed by atoms with Crippen molar-refractivity contribution in [2.45, 2.75) is 32.1 Å². The molecule has 1 aliphatic carbocycles. The molecular weight excluding hydrogens is 400 g/mol. The zero-order chi connectivity index (χ0) is 17.4. The summed E-state index contributed by atoms with van der Waals surface area (Å²) in [6.45, 7) is 0. The number of thioether (sulfide) groups is 1. The third kappa shape index (κ3) is 3.35. The van der Waals surface area contributed by atoms with E-state index in [9.17, 15) is 4.79 Å². The van der Waals surface area contributed by atoms with Crippen molar-refractivity contribution in [2.75, 3.05) is 0 Å². The third-order valence-corrected chi connectivity index (χ3v) is 6.15. The Hall–Kier alpha value is -1.73. The molecule has 1 amide bonds. The van der Waals surface area contributed by atoms with Gasteiger partial charge in [0, 0.05) is 10.4 Å². The minimum absolute atomic E-state index is 0.105. The van der Waals surface area contributed by atoms with E-state index in [0.717, 1.165) is 27.9 Å². The maximum atomic E-state index is 12.4. The number of amides is 1. The third-order valence-electron chi connectivity index (χ3n) is 4.58. The molecule has 2 aliphatic heterocycles. The maximum absolute atomic E-state index is 12.4. The average Bonchev–Trinajstić information content (AvgIpc) is 3.04. The maximum Gasteiger partial charge on any atom is 0.283 e. The van der Waals surface area contributed by atoms with E-state index >= 15 is 0 Å². The molecule has 128 valence electrons. The first-order valence-corrected chi connectivity index (χ1v) is 9.98. The molecule has 0 spiro atoms. The zero-order valence-corrected chi connectivity index (χ0v) is 15.9. The quantitative estimate of drug-likeness (QED) is 0.713. The molecule has 7 heteroatoms. The minimum atomic E-state index is -0.371. The lowest BCUT2D eigenvalue weighted by molar-refractivity contribution is -0.114. The summed E-state index contributed by atoms with van der Waals surface area (Å²) in [6, 6.07) is 7.62. The van der Waals surface area contributed by atoms with Gasteiger partial charge >= 0.3 is 0 Å². The molecular formula is C18H17BrN4OS. The van der Waals surface area contributed by atoms with Gasteiger partial charge in [0.25, 0.3) is 5.91 Å². The van der Waals surface area contributed by atoms with Crippen molar-refractivity contribution in [3.8, 4) is 0 Å². The van der Waals surface area contributed by atoms with Crippen LogP contribution in [0.2, 0.25) is 0 Å². The van der Waals surface area contributed by atoms with Gasteiger partial charge in [-0.2, -0.15) is 15.1 Å². The predicted molar refractivity (Wildman–Crippen MR) is 106 cm³/mol. The molecule has 1 fully saturated rings. The Morgan fingerprint density at radius 3 is 2.84 bits per heavy atom. The first-order valence-electron chi connectivity index (χ1n) is 8.37. The highest BCUT2D eigenvalue weighted by atomic mass is 79.9. The number of halogens is 1. The number of fused-ring (bicyclic) bond motifs is 1. The first kappa shape index (κ1) is 16.7. The topological polar surface area (TPSA) is 68.9 Å². The number of rotatable bonds is 2. The van der Waals surface area contributed by atoms with Crippen LogP contribution in [0, 0.1) is 11.3 Å². The van der Waals surface area contributed by atoms with Crippen LogP contribution >= 0.6 is 27.7 Å². The summed E-state index contributed by atoms with van der Waals surface area (Å²) in [7, 11) is 0. The van der Waals surface area contributed by atoms with Gasteiger partial charge in [0.05, 0.1) is 5.57 Å². The Morgan fingerprint density at radius 2 is 2.08 bits per heavy atom. The second-order valence-electron chi connectivity index (χ2n) is 6.35. The molecule has 5 nitrogen and oxygen atoms in total. The van der Waals surface area contributed by atoms with Gasteiger partial charge in [0.1, 0.15) is 5.04 Å². The summed E-state index contributed by atoms with van der Waals surface area (Å²) < 4.78 is 0.926. The second kappa shape index (κ2) is 6.88. The molecule has 3 aliphatic rings. The molecule has 0 aromatic heterocycles. The largest absolute Gasteiger partial charge is 0.283 e. The fraction of sp³-hybridized carbons (Fsp3) is 0.333. The van der Waals surface area contributed by atoms with Gasteiger partial charge in [-0.3, -0.25) is 10.2 Å². The van der Waals surface area contributed by atoms with Crippen LogP contribution in [0.5, 0.6) is 0 Å². The van der Waals surface area contributed by atoms with E-state index in [1.807, 2.05) is 24.3 Å². The first-order chi connectivity index (χ1) is 12.1. The zero-order valence-electron chi connectivity index (χ0n) is 13.5. The number of hydrogen-bond acceptors (Lipinski definition) is 4. The van der Waals surface area contributed by atoms with Crippen LogP contribution < -0.4 is 0 Å². The van der Waals surface area contributed by atoms with Crippen molar-refractivity contribution in [1.29, 1.82) is 5.41 Å². The van der Waals surface area contributed by atoms with Crippen LogP contribution in [0.15, 0.2) is 44.4 Å². The van der Waals surface area contributed by atoms with Crippen LogP contribution in [-0.2, 0) is 4.79 Å². The highest BCUT2D eigenvalue weighted by Crippen LogP contribution is 2.36. The van der Waals surface area contributed by atoms with E-state index < -0.39 is 0 Å². The highest BCUT2D eigenvalue weighted by Gasteiger charge is 2.37. The highest BCUT2D eigenvalue weighted by molar-refractivity contribution is 9.10. The number of benzene rings is 1. The normalized spacial score (nSPS) is 22.9. The van der Waals surface area contributed by atoms with Crippen molar-refractivity contribution in [3.05, 3.63) is 39.9 Å². The summed E-state index contributed by atoms with van der Waals surface area (Å²) in [5.74, 6) is 0.171. The number of hydrogen-bond donors (Lipinski definition) is 1. The van der Waals surface area contributed by atoms with Gasteiger partial charge < -0.3 is 0 Å². The van der Waals surface area contributed by atoms with Gasteiger partial charge in [-0.1, -0.05) is 47.3 Å². The van der Waals surface area contributed by atoms with E-state index in [2.05, 4.69) is 26.0 Å². The van der Waals surface area contributed by atoms with E-state index in [0.29, 0.717) is 11.1 Å². The second-order valence-corrected chi connectivity index (χ2v) is 8.25. The molecule has 0 saturated heterocycles. The summed E-state index contributed by atoms with van der Waals surface area (Å²) in [4.78, 5) is 16.6. The summed E-state index contributed by atoms with van der Waals surface area (Å²) in [5, 5.41) is 16.1. The fourth-order valence-corrected chi connectivity index (χ4v) is 4.76. The molecule has 1 aromatic carbocycles. The fourth-order valence-electron chi connectivity index (χ4n) is 3.28. The Kier molecular flexibility index (Phi) is 4.60. The van der Waals surface area contributed by atoms with E-state index in [4.69, 9.17) is 5.41 Å². The summed E-state index contributed by atoms with van der Waals surface area (Å²) >= 11 is 4.87. The van der Waals surface area contributed by atoms with Gasteiger partial charge in [0.2, 0.25) is 5.17 Å². The molecule has 0 unspecified atom stereocenters. The number of nitrogens with one attached hydrogen (secondary N) is 1. The van der Waals surface area contributed by atoms with Crippen molar-refractivity contribution in [3.63, 3.8) is 0 Å². The molecule has 0 atom stereocenters. The number of amidine groups is 2. The smallest absolute Gasteiger partial charge is 0.282 e. The van der Waals surface area contributed by atoms with Gasteiger partial charge in [-0.05, 0) is 48.4 Å². The van der Waals surface area contributed by atoms with Crippen molar-refractivity contribution >= 4 is 55.7 Å². The lowest BCUT2D eigenvalue weighted by Crippen LogP contribution is -2.35. The van der Waals surface area contributed by atoms with Crippen molar-refractivity contribution < 1.29 is 4.79 Å². The Balaban J connectivity index is 1.63. The van der Waals surface area contributed by atoms with Gasteiger partial charge in [-0.25, -0.2) is 0 Å². The monoisotopic (exact) mass is 416 g/mol. The van der Waals surface area contributed by atoms with E-state index in [1.54, 1.807) is 6.08 Å². The van der Waals surface area contributed by atoms with Crippen molar-refractivity contribution in [1.82, 2.24) is 5.01 Å². The van der Waals surface area contributed by atoms with Crippen LogP contribution in [0.4, 0.5) is 0 Å². The molecule has 2 heterocycles.